The van der Waals surface area contributed by atoms with Crippen LogP contribution in [-0.2, 0) is 9.47 Å². The lowest BCUT2D eigenvalue weighted by Crippen LogP contribution is -2.58. The number of hydrogen-bond donors (Lipinski definition) is 3. The topological polar surface area (TPSA) is 79.2 Å². The summed E-state index contributed by atoms with van der Waals surface area (Å²) in [5, 5.41) is 28.7. The summed E-state index contributed by atoms with van der Waals surface area (Å²) >= 11 is 0. The van der Waals surface area contributed by atoms with Crippen LogP contribution >= 0.6 is 0 Å². The van der Waals surface area contributed by atoms with Crippen LogP contribution in [0.15, 0.2) is 0 Å². The molecule has 1 spiro atoms. The first kappa shape index (κ1) is 12.3. The van der Waals surface area contributed by atoms with Gasteiger partial charge in [-0.2, -0.15) is 0 Å². The van der Waals surface area contributed by atoms with Crippen LogP contribution in [0.25, 0.3) is 0 Å². The molecule has 94 valence electrons. The Bertz CT molecular complexity index is 247. The molecule has 0 saturated carbocycles. The van der Waals surface area contributed by atoms with Crippen LogP contribution in [0.2, 0.25) is 0 Å². The maximum absolute atomic E-state index is 9.97. The minimum Gasteiger partial charge on any atom is -0.396 e. The van der Waals surface area contributed by atoms with E-state index in [1.54, 1.807) is 0 Å². The summed E-state index contributed by atoms with van der Waals surface area (Å²) in [4.78, 5) is 0. The molecule has 0 aromatic carbocycles. The van der Waals surface area contributed by atoms with Gasteiger partial charge in [0, 0.05) is 19.4 Å². The predicted octanol–water partition coefficient (Wildman–Crippen LogP) is -0.225. The van der Waals surface area contributed by atoms with Crippen LogP contribution in [0.5, 0.6) is 0 Å². The molecule has 2 fully saturated rings. The van der Waals surface area contributed by atoms with Gasteiger partial charge in [0.25, 0.3) is 0 Å². The molecule has 3 N–H and O–H groups in total. The molecule has 5 nitrogen and oxygen atoms in total. The van der Waals surface area contributed by atoms with Gasteiger partial charge in [-0.25, -0.2) is 0 Å². The minimum absolute atomic E-state index is 0.0130. The van der Waals surface area contributed by atoms with Crippen molar-refractivity contribution in [2.45, 2.75) is 62.8 Å². The smallest absolute Gasteiger partial charge is 0.197 e. The molecular weight excluding hydrogens is 212 g/mol. The van der Waals surface area contributed by atoms with Gasteiger partial charge in [0.05, 0.1) is 18.3 Å². The molecule has 16 heavy (non-hydrogen) atoms. The van der Waals surface area contributed by atoms with Crippen molar-refractivity contribution in [3.8, 4) is 0 Å². The molecule has 5 atom stereocenters. The molecule has 2 saturated heterocycles. The molecule has 0 aromatic rings. The van der Waals surface area contributed by atoms with E-state index in [-0.39, 0.29) is 18.8 Å². The van der Waals surface area contributed by atoms with Crippen LogP contribution in [0.1, 0.15) is 32.6 Å². The van der Waals surface area contributed by atoms with Crippen LogP contribution in [0.4, 0.5) is 0 Å². The Hall–Kier alpha value is -0.200. The summed E-state index contributed by atoms with van der Waals surface area (Å²) in [7, 11) is 0. The number of aliphatic hydroxyl groups excluding tert-OH is 3. The maximum atomic E-state index is 9.97. The van der Waals surface area contributed by atoms with Crippen LogP contribution in [0, 0.1) is 0 Å². The van der Waals surface area contributed by atoms with Crippen molar-refractivity contribution in [2.75, 3.05) is 6.61 Å². The highest BCUT2D eigenvalue weighted by Crippen LogP contribution is 2.41. The second kappa shape index (κ2) is 4.58. The molecule has 0 unspecified atom stereocenters. The van der Waals surface area contributed by atoms with Gasteiger partial charge in [0.2, 0.25) is 0 Å². The molecule has 2 rings (SSSR count). The van der Waals surface area contributed by atoms with Crippen molar-refractivity contribution >= 4 is 0 Å². The quantitative estimate of drug-likeness (QED) is 0.613. The van der Waals surface area contributed by atoms with Gasteiger partial charge in [0.15, 0.2) is 5.79 Å². The minimum atomic E-state index is -1.06. The number of ether oxygens (including phenoxy) is 2. The molecule has 2 aliphatic rings. The number of hydrogen-bond acceptors (Lipinski definition) is 5. The Kier molecular flexibility index (Phi) is 3.51. The summed E-state index contributed by atoms with van der Waals surface area (Å²) in [6.45, 7) is 1.94. The molecule has 5 heteroatoms. The largest absolute Gasteiger partial charge is 0.396 e. The summed E-state index contributed by atoms with van der Waals surface area (Å²) in [5.74, 6) is -1.06. The molecule has 0 aliphatic carbocycles. The average Bonchev–Trinajstić information content (AvgIpc) is 2.58. The van der Waals surface area contributed by atoms with Gasteiger partial charge in [0.1, 0.15) is 6.10 Å². The van der Waals surface area contributed by atoms with E-state index in [0.717, 1.165) is 6.42 Å². The van der Waals surface area contributed by atoms with Gasteiger partial charge in [-0.3, -0.25) is 0 Å². The molecule has 0 aromatic heterocycles. The third-order valence-electron chi connectivity index (χ3n) is 3.44. The highest BCUT2D eigenvalue weighted by atomic mass is 16.7. The fraction of sp³-hybridized carbons (Fsp3) is 1.00. The molecule has 0 radical (unpaired) electrons. The Balaban J connectivity index is 2.09. The van der Waals surface area contributed by atoms with Crippen molar-refractivity contribution in [3.05, 3.63) is 0 Å². The highest BCUT2D eigenvalue weighted by Gasteiger charge is 2.53. The first-order chi connectivity index (χ1) is 7.57. The van der Waals surface area contributed by atoms with Crippen molar-refractivity contribution in [2.24, 2.45) is 0 Å². The molecular formula is C11H20O5. The predicted molar refractivity (Wildman–Crippen MR) is 55.7 cm³/mol. The third kappa shape index (κ3) is 2.10. The third-order valence-corrected chi connectivity index (χ3v) is 3.44. The van der Waals surface area contributed by atoms with Crippen LogP contribution in [0.3, 0.4) is 0 Å². The van der Waals surface area contributed by atoms with Crippen molar-refractivity contribution in [1.29, 1.82) is 0 Å². The lowest BCUT2D eigenvalue weighted by molar-refractivity contribution is -0.331. The SMILES string of the molecule is C[C@@H]1CC[C@@]2(O[C@H](CCO)C[C@@H](O)[C@@H]2O)O1. The van der Waals surface area contributed by atoms with Crippen LogP contribution < -0.4 is 0 Å². The summed E-state index contributed by atoms with van der Waals surface area (Å²) in [6.07, 6.45) is 0.181. The Morgan fingerprint density at radius 3 is 2.62 bits per heavy atom. The fourth-order valence-corrected chi connectivity index (χ4v) is 2.58. The summed E-state index contributed by atoms with van der Waals surface area (Å²) < 4.78 is 11.4. The summed E-state index contributed by atoms with van der Waals surface area (Å²) in [6, 6.07) is 0. The van der Waals surface area contributed by atoms with Gasteiger partial charge in [-0.15, -0.1) is 0 Å². The monoisotopic (exact) mass is 232 g/mol. The first-order valence-corrected chi connectivity index (χ1v) is 5.90. The van der Waals surface area contributed by atoms with Gasteiger partial charge >= 0.3 is 0 Å². The zero-order valence-corrected chi connectivity index (χ0v) is 9.50. The number of rotatable bonds is 2. The van der Waals surface area contributed by atoms with Crippen molar-refractivity contribution in [1.82, 2.24) is 0 Å². The van der Waals surface area contributed by atoms with E-state index in [1.165, 1.54) is 0 Å². The maximum Gasteiger partial charge on any atom is 0.197 e. The van der Waals surface area contributed by atoms with Gasteiger partial charge in [-0.1, -0.05) is 0 Å². The van der Waals surface area contributed by atoms with E-state index < -0.39 is 18.0 Å². The lowest BCUT2D eigenvalue weighted by Gasteiger charge is -2.44. The van der Waals surface area contributed by atoms with Gasteiger partial charge < -0.3 is 24.8 Å². The van der Waals surface area contributed by atoms with E-state index >= 15 is 0 Å². The molecule has 0 amide bonds. The second-order valence-corrected chi connectivity index (χ2v) is 4.78. The molecule has 2 heterocycles. The number of aliphatic hydroxyl groups is 3. The second-order valence-electron chi connectivity index (χ2n) is 4.78. The average molecular weight is 232 g/mol. The summed E-state index contributed by atoms with van der Waals surface area (Å²) in [5.41, 5.74) is 0. The van der Waals surface area contributed by atoms with Crippen molar-refractivity contribution < 1.29 is 24.8 Å². The Labute approximate surface area is 95.0 Å². The fourth-order valence-electron chi connectivity index (χ4n) is 2.58. The van der Waals surface area contributed by atoms with E-state index in [9.17, 15) is 10.2 Å². The van der Waals surface area contributed by atoms with Crippen molar-refractivity contribution in [3.63, 3.8) is 0 Å². The Morgan fingerprint density at radius 2 is 2.06 bits per heavy atom. The van der Waals surface area contributed by atoms with Gasteiger partial charge in [-0.05, 0) is 19.8 Å². The van der Waals surface area contributed by atoms with E-state index in [1.807, 2.05) is 6.92 Å². The van der Waals surface area contributed by atoms with E-state index in [4.69, 9.17) is 14.6 Å². The molecule has 2 aliphatic heterocycles. The lowest BCUT2D eigenvalue weighted by atomic mass is 9.92. The zero-order valence-electron chi connectivity index (χ0n) is 9.50. The first-order valence-electron chi connectivity index (χ1n) is 5.90. The molecule has 0 bridgehead atoms. The van der Waals surface area contributed by atoms with E-state index in [2.05, 4.69) is 0 Å². The Morgan fingerprint density at radius 1 is 1.31 bits per heavy atom. The van der Waals surface area contributed by atoms with E-state index in [0.29, 0.717) is 19.3 Å². The normalized spacial score (nSPS) is 48.8. The zero-order chi connectivity index (χ0) is 11.8. The van der Waals surface area contributed by atoms with Crippen LogP contribution in [-0.4, -0.2) is 52.1 Å². The highest BCUT2D eigenvalue weighted by molar-refractivity contribution is 4.95. The standard InChI is InChI=1S/C11H20O5/c1-7-2-4-11(15-7)10(14)9(13)6-8(16-11)3-5-12/h7-10,12-14H,2-6H2,1H3/t7-,8-,9-,10+,11+/m1/s1.